The first-order valence-electron chi connectivity index (χ1n) is 11.2. The Bertz CT molecular complexity index is 1210. The molecule has 33 heavy (non-hydrogen) atoms. The van der Waals surface area contributed by atoms with Gasteiger partial charge in [0.1, 0.15) is 6.61 Å². The molecule has 2 aromatic heterocycles. The summed E-state index contributed by atoms with van der Waals surface area (Å²) < 4.78 is 38.6. The summed E-state index contributed by atoms with van der Waals surface area (Å²) in [6, 6.07) is 13.8. The molecule has 0 N–H and O–H groups in total. The van der Waals surface area contributed by atoms with E-state index in [1.54, 1.807) is 18.2 Å². The van der Waals surface area contributed by atoms with E-state index in [2.05, 4.69) is 26.0 Å². The molecule has 10 heteroatoms. The van der Waals surface area contributed by atoms with Crippen molar-refractivity contribution in [2.75, 3.05) is 43.9 Å². The molecule has 2 aliphatic rings. The summed E-state index contributed by atoms with van der Waals surface area (Å²) in [7, 11) is -3.50. The summed E-state index contributed by atoms with van der Waals surface area (Å²) in [5.41, 5.74) is 1.36. The Morgan fingerprint density at radius 3 is 2.85 bits per heavy atom. The van der Waals surface area contributed by atoms with E-state index >= 15 is 0 Å². The van der Waals surface area contributed by atoms with Crippen molar-refractivity contribution in [3.63, 3.8) is 0 Å². The minimum absolute atomic E-state index is 0.0910. The van der Waals surface area contributed by atoms with Gasteiger partial charge in [-0.15, -0.1) is 0 Å². The second-order valence-corrected chi connectivity index (χ2v) is 10.4. The highest BCUT2D eigenvalue weighted by atomic mass is 32.2. The molecule has 2 atom stereocenters. The van der Waals surface area contributed by atoms with Gasteiger partial charge in [0.15, 0.2) is 11.4 Å². The van der Waals surface area contributed by atoms with Gasteiger partial charge in [-0.3, -0.25) is 9.08 Å². The average Bonchev–Trinajstić information content (AvgIpc) is 3.25. The van der Waals surface area contributed by atoms with Gasteiger partial charge in [-0.1, -0.05) is 23.4 Å². The van der Waals surface area contributed by atoms with E-state index in [4.69, 9.17) is 13.4 Å². The van der Waals surface area contributed by atoms with Crippen LogP contribution < -0.4 is 9.64 Å². The van der Waals surface area contributed by atoms with E-state index in [-0.39, 0.29) is 6.61 Å². The van der Waals surface area contributed by atoms with Crippen molar-refractivity contribution >= 4 is 26.9 Å². The summed E-state index contributed by atoms with van der Waals surface area (Å²) in [6.45, 7) is 4.35. The van der Waals surface area contributed by atoms with Crippen LogP contribution in [0.15, 0.2) is 47.0 Å². The number of rotatable bonds is 7. The quantitative estimate of drug-likeness (QED) is 0.481. The van der Waals surface area contributed by atoms with E-state index < -0.39 is 10.1 Å². The van der Waals surface area contributed by atoms with Gasteiger partial charge >= 0.3 is 0 Å². The molecule has 5 rings (SSSR count). The minimum Gasteiger partial charge on any atom is -0.477 e. The number of hydrogen-bond donors (Lipinski definition) is 0. The van der Waals surface area contributed by atoms with Crippen LogP contribution in [-0.4, -0.2) is 68.5 Å². The van der Waals surface area contributed by atoms with Gasteiger partial charge in [0, 0.05) is 44.2 Å². The van der Waals surface area contributed by atoms with Crippen LogP contribution in [0.3, 0.4) is 0 Å². The fraction of sp³-hybridized carbons (Fsp3) is 0.478. The molecule has 4 heterocycles. The van der Waals surface area contributed by atoms with Crippen molar-refractivity contribution in [1.82, 2.24) is 15.0 Å². The maximum absolute atomic E-state index is 11.2. The number of piperazine rings is 1. The van der Waals surface area contributed by atoms with Crippen molar-refractivity contribution in [3.05, 3.63) is 48.2 Å². The molecule has 1 aromatic carbocycles. The molecule has 176 valence electrons. The molecule has 3 aromatic rings. The lowest BCUT2D eigenvalue weighted by Gasteiger charge is -2.46. The van der Waals surface area contributed by atoms with Gasteiger partial charge in [-0.05, 0) is 31.0 Å². The third-order valence-corrected chi connectivity index (χ3v) is 6.88. The van der Waals surface area contributed by atoms with E-state index in [0.717, 1.165) is 62.1 Å². The Labute approximate surface area is 193 Å². The summed E-state index contributed by atoms with van der Waals surface area (Å²) in [6.07, 6.45) is 3.22. The van der Waals surface area contributed by atoms with Crippen molar-refractivity contribution < 1.29 is 21.9 Å². The van der Waals surface area contributed by atoms with E-state index in [1.165, 1.54) is 0 Å². The number of piperidine rings is 1. The summed E-state index contributed by atoms with van der Waals surface area (Å²) in [5, 5.41) is 5.41. The second kappa shape index (κ2) is 9.28. The zero-order valence-corrected chi connectivity index (χ0v) is 19.4. The minimum atomic E-state index is -3.50. The molecule has 0 bridgehead atoms. The number of anilines is 1. The molecule has 2 unspecified atom stereocenters. The highest BCUT2D eigenvalue weighted by molar-refractivity contribution is 7.85. The second-order valence-electron chi connectivity index (χ2n) is 8.78. The Kier molecular flexibility index (Phi) is 6.22. The zero-order valence-electron chi connectivity index (χ0n) is 18.6. The van der Waals surface area contributed by atoms with Crippen LogP contribution in [0.5, 0.6) is 5.88 Å². The smallest absolute Gasteiger partial charge is 0.264 e. The maximum atomic E-state index is 11.2. The van der Waals surface area contributed by atoms with Gasteiger partial charge < -0.3 is 14.2 Å². The van der Waals surface area contributed by atoms with Crippen LogP contribution in [-0.2, 0) is 20.9 Å². The lowest BCUT2D eigenvalue weighted by atomic mass is 9.91. The topological polar surface area (TPSA) is 98.0 Å². The lowest BCUT2D eigenvalue weighted by Crippen LogP contribution is -2.57. The Morgan fingerprint density at radius 2 is 1.97 bits per heavy atom. The molecule has 2 aliphatic heterocycles. The van der Waals surface area contributed by atoms with Gasteiger partial charge in [0.25, 0.3) is 10.1 Å². The number of nitrogens with zero attached hydrogens (tertiary/aromatic N) is 4. The molecule has 0 spiro atoms. The number of pyridine rings is 1. The van der Waals surface area contributed by atoms with Crippen LogP contribution >= 0.6 is 0 Å². The van der Waals surface area contributed by atoms with Crippen molar-refractivity contribution in [1.29, 1.82) is 0 Å². The summed E-state index contributed by atoms with van der Waals surface area (Å²) in [5.74, 6) is 1.87. The predicted molar refractivity (Wildman–Crippen MR) is 124 cm³/mol. The number of aromatic nitrogens is 2. The van der Waals surface area contributed by atoms with Gasteiger partial charge in [-0.2, -0.15) is 8.42 Å². The number of fused-ring (bicyclic) bond motifs is 2. The molecule has 0 radical (unpaired) electrons. The fourth-order valence-electron chi connectivity index (χ4n) is 4.68. The predicted octanol–water partition coefficient (Wildman–Crippen LogP) is 2.68. The number of benzene rings is 1. The third-order valence-electron chi connectivity index (χ3n) is 6.33. The molecular weight excluding hydrogens is 444 g/mol. The zero-order chi connectivity index (χ0) is 22.8. The first-order chi connectivity index (χ1) is 15.9. The molecule has 0 aliphatic carbocycles. The third kappa shape index (κ3) is 5.29. The van der Waals surface area contributed by atoms with Gasteiger partial charge in [-0.25, -0.2) is 4.98 Å². The highest BCUT2D eigenvalue weighted by Crippen LogP contribution is 2.31. The molecule has 2 saturated heterocycles. The molecule has 0 amide bonds. The van der Waals surface area contributed by atoms with Crippen molar-refractivity contribution in [3.8, 4) is 5.88 Å². The number of ether oxygens (including phenoxy) is 1. The van der Waals surface area contributed by atoms with Crippen molar-refractivity contribution in [2.24, 2.45) is 5.92 Å². The Balaban J connectivity index is 1.14. The SMILES string of the molecule is CS(=O)(=O)OCc1cccc(OCC2CCC3CN(c4noc5ccccc45)CCN3C2)n1. The largest absolute Gasteiger partial charge is 0.477 e. The Morgan fingerprint density at radius 1 is 1.09 bits per heavy atom. The molecule has 0 saturated carbocycles. The molecule has 2 fully saturated rings. The Hall–Kier alpha value is -2.69. The maximum Gasteiger partial charge on any atom is 0.264 e. The van der Waals surface area contributed by atoms with Crippen LogP contribution in [0.1, 0.15) is 18.5 Å². The highest BCUT2D eigenvalue weighted by Gasteiger charge is 2.34. The van der Waals surface area contributed by atoms with E-state index in [9.17, 15) is 8.42 Å². The van der Waals surface area contributed by atoms with Crippen LogP contribution in [0.4, 0.5) is 5.82 Å². The molecule has 9 nitrogen and oxygen atoms in total. The normalized spacial score (nSPS) is 21.8. The van der Waals surface area contributed by atoms with Gasteiger partial charge in [0.05, 0.1) is 23.9 Å². The first kappa shape index (κ1) is 22.1. The fourth-order valence-corrected chi connectivity index (χ4v) is 5.01. The van der Waals surface area contributed by atoms with E-state index in [0.29, 0.717) is 30.1 Å². The van der Waals surface area contributed by atoms with Crippen molar-refractivity contribution in [2.45, 2.75) is 25.5 Å². The molecular formula is C23H28N4O5S. The van der Waals surface area contributed by atoms with Gasteiger partial charge in [0.2, 0.25) is 5.88 Å². The van der Waals surface area contributed by atoms with E-state index in [1.807, 2.05) is 18.2 Å². The monoisotopic (exact) mass is 472 g/mol. The summed E-state index contributed by atoms with van der Waals surface area (Å²) in [4.78, 5) is 9.26. The number of para-hydroxylation sites is 1. The lowest BCUT2D eigenvalue weighted by molar-refractivity contribution is 0.0716. The number of hydrogen-bond acceptors (Lipinski definition) is 9. The standard InChI is InChI=1S/C23H28N4O5S/c1-33(28,29)31-16-18-5-4-8-22(24-18)30-15-17-9-10-19-14-27(12-11-26(19)13-17)23-20-6-2-3-7-21(20)32-25-23/h2-8,17,19H,9-16H2,1H3. The average molecular weight is 473 g/mol. The first-order valence-corrected chi connectivity index (χ1v) is 13.0. The summed E-state index contributed by atoms with van der Waals surface area (Å²) >= 11 is 0. The van der Waals surface area contributed by atoms with Crippen LogP contribution in [0.25, 0.3) is 11.0 Å². The van der Waals surface area contributed by atoms with Crippen LogP contribution in [0, 0.1) is 5.92 Å². The van der Waals surface area contributed by atoms with Crippen LogP contribution in [0.2, 0.25) is 0 Å².